The first-order valence-corrected chi connectivity index (χ1v) is 12.7. The summed E-state index contributed by atoms with van der Waals surface area (Å²) >= 11 is 0. The molecule has 8 heteroatoms. The van der Waals surface area contributed by atoms with E-state index in [-0.39, 0.29) is 17.7 Å². The summed E-state index contributed by atoms with van der Waals surface area (Å²) in [5.74, 6) is 0.616. The van der Waals surface area contributed by atoms with Crippen LogP contribution in [0.15, 0.2) is 0 Å². The number of likely N-dealkylation sites (tertiary alicyclic amines) is 3. The Hall–Kier alpha value is -1.54. The third kappa shape index (κ3) is 4.20. The molecule has 4 heterocycles. The minimum Gasteiger partial charge on any atom is -0.450 e. The van der Waals surface area contributed by atoms with Crippen molar-refractivity contribution in [2.75, 3.05) is 52.5 Å². The van der Waals surface area contributed by atoms with Crippen molar-refractivity contribution in [1.29, 1.82) is 0 Å². The zero-order valence-electron chi connectivity index (χ0n) is 19.8. The van der Waals surface area contributed by atoms with Gasteiger partial charge >= 0.3 is 12.1 Å². The lowest BCUT2D eigenvalue weighted by molar-refractivity contribution is -0.0599. The van der Waals surface area contributed by atoms with Gasteiger partial charge in [0, 0.05) is 31.7 Å². The Labute approximate surface area is 191 Å². The van der Waals surface area contributed by atoms with E-state index in [0.717, 1.165) is 52.0 Å². The molecule has 1 unspecified atom stereocenters. The summed E-state index contributed by atoms with van der Waals surface area (Å²) < 4.78 is 10.5. The van der Waals surface area contributed by atoms with Crippen LogP contribution in [0.3, 0.4) is 0 Å². The summed E-state index contributed by atoms with van der Waals surface area (Å²) in [5, 5.41) is 3.21. The molecule has 0 aromatic rings. The van der Waals surface area contributed by atoms with Crippen molar-refractivity contribution in [2.45, 2.75) is 76.4 Å². The smallest absolute Gasteiger partial charge is 0.409 e. The van der Waals surface area contributed by atoms with Crippen molar-refractivity contribution in [1.82, 2.24) is 20.0 Å². The molecule has 32 heavy (non-hydrogen) atoms. The van der Waals surface area contributed by atoms with Crippen molar-refractivity contribution in [3.63, 3.8) is 0 Å². The number of nitrogens with one attached hydrogen (secondary N) is 1. The van der Waals surface area contributed by atoms with Gasteiger partial charge in [-0.1, -0.05) is 0 Å². The van der Waals surface area contributed by atoms with E-state index in [2.05, 4.69) is 22.0 Å². The Morgan fingerprint density at radius 1 is 1.09 bits per heavy atom. The van der Waals surface area contributed by atoms with E-state index in [0.29, 0.717) is 43.2 Å². The minimum atomic E-state index is -0.184. The highest BCUT2D eigenvalue weighted by atomic mass is 16.6. The van der Waals surface area contributed by atoms with Crippen LogP contribution < -0.4 is 5.32 Å². The van der Waals surface area contributed by atoms with E-state index >= 15 is 0 Å². The van der Waals surface area contributed by atoms with Gasteiger partial charge in [0.2, 0.25) is 0 Å². The molecule has 180 valence electrons. The average molecular weight is 449 g/mol. The Morgan fingerprint density at radius 3 is 2.50 bits per heavy atom. The summed E-state index contributed by atoms with van der Waals surface area (Å²) in [6.45, 7) is 10.5. The molecule has 5 rings (SSSR count). The minimum absolute atomic E-state index is 0.106. The molecule has 0 radical (unpaired) electrons. The molecule has 3 amide bonds. The molecule has 1 saturated carbocycles. The van der Waals surface area contributed by atoms with Gasteiger partial charge in [-0.05, 0) is 83.2 Å². The Bertz CT molecular complexity index is 713. The van der Waals surface area contributed by atoms with E-state index in [1.165, 1.54) is 25.7 Å². The van der Waals surface area contributed by atoms with E-state index < -0.39 is 0 Å². The van der Waals surface area contributed by atoms with Crippen LogP contribution >= 0.6 is 0 Å². The van der Waals surface area contributed by atoms with Gasteiger partial charge in [-0.2, -0.15) is 0 Å². The standard InChI is InChI=1S/C24H40N4O4/c1-3-32-22(30)27-12-8-24(15-27)13-19(14-24)26-10-6-18(7-11-26)20-5-4-9-28(20)21(29)25-23(2)16-31-17-23/h18-20H,3-17H2,1-2H3,(H,25,29). The maximum atomic E-state index is 12.9. The van der Waals surface area contributed by atoms with Crippen LogP contribution in [0, 0.1) is 11.3 Å². The number of amides is 3. The fourth-order valence-corrected chi connectivity index (χ4v) is 6.85. The number of nitrogens with zero attached hydrogens (tertiary/aromatic N) is 3. The lowest BCUT2D eigenvalue weighted by atomic mass is 9.64. The number of hydrogen-bond acceptors (Lipinski definition) is 5. The number of carbonyl (C=O) groups is 2. The van der Waals surface area contributed by atoms with Gasteiger partial charge in [-0.25, -0.2) is 9.59 Å². The first-order valence-electron chi connectivity index (χ1n) is 12.7. The lowest BCUT2D eigenvalue weighted by Gasteiger charge is -2.52. The summed E-state index contributed by atoms with van der Waals surface area (Å²) in [7, 11) is 0. The van der Waals surface area contributed by atoms with Gasteiger partial charge in [0.15, 0.2) is 0 Å². The number of piperidine rings is 1. The van der Waals surface area contributed by atoms with Crippen LogP contribution in [0.2, 0.25) is 0 Å². The molecule has 1 spiro atoms. The second-order valence-electron chi connectivity index (χ2n) is 11.2. The monoisotopic (exact) mass is 448 g/mol. The van der Waals surface area contributed by atoms with Crippen LogP contribution in [0.4, 0.5) is 9.59 Å². The third-order valence-electron chi connectivity index (χ3n) is 8.75. The number of hydrogen-bond donors (Lipinski definition) is 1. The molecule has 1 aliphatic carbocycles. The van der Waals surface area contributed by atoms with Crippen molar-refractivity contribution in [3.8, 4) is 0 Å². The molecule has 0 bridgehead atoms. The van der Waals surface area contributed by atoms with Gasteiger partial charge in [0.05, 0.1) is 25.4 Å². The van der Waals surface area contributed by atoms with Crippen LogP contribution in [0.25, 0.3) is 0 Å². The molecular weight excluding hydrogens is 408 g/mol. The second kappa shape index (κ2) is 8.67. The molecule has 5 aliphatic rings. The molecule has 1 atom stereocenters. The molecule has 1 N–H and O–H groups in total. The summed E-state index contributed by atoms with van der Waals surface area (Å²) in [6.07, 6.45) is 8.04. The highest BCUT2D eigenvalue weighted by Gasteiger charge is 2.52. The van der Waals surface area contributed by atoms with Crippen LogP contribution in [0.5, 0.6) is 0 Å². The second-order valence-corrected chi connectivity index (χ2v) is 11.2. The molecule has 0 aromatic heterocycles. The van der Waals surface area contributed by atoms with Crippen molar-refractivity contribution < 1.29 is 19.1 Å². The molecule has 8 nitrogen and oxygen atoms in total. The van der Waals surface area contributed by atoms with Crippen LogP contribution in [-0.2, 0) is 9.47 Å². The van der Waals surface area contributed by atoms with Crippen LogP contribution in [-0.4, -0.2) is 97.0 Å². The first-order chi connectivity index (χ1) is 15.4. The molecular formula is C24H40N4O4. The normalized spacial score (nSPS) is 34.9. The topological polar surface area (TPSA) is 74.4 Å². The number of rotatable bonds is 4. The van der Waals surface area contributed by atoms with Gasteiger partial charge in [0.1, 0.15) is 0 Å². The lowest BCUT2D eigenvalue weighted by Crippen LogP contribution is -2.63. The third-order valence-corrected chi connectivity index (χ3v) is 8.75. The maximum absolute atomic E-state index is 12.9. The van der Waals surface area contributed by atoms with E-state index in [1.54, 1.807) is 0 Å². The summed E-state index contributed by atoms with van der Waals surface area (Å²) in [4.78, 5) is 31.7. The molecule has 5 fully saturated rings. The number of urea groups is 1. The SMILES string of the molecule is CCOC(=O)N1CCC2(CC(N3CCC(C4CCCN4C(=O)NC4(C)COC4)CC3)C2)C1. The maximum Gasteiger partial charge on any atom is 0.409 e. The predicted molar refractivity (Wildman–Crippen MR) is 120 cm³/mol. The Morgan fingerprint density at radius 2 is 1.84 bits per heavy atom. The van der Waals surface area contributed by atoms with Gasteiger partial charge in [-0.15, -0.1) is 0 Å². The Balaban J connectivity index is 1.08. The first kappa shape index (κ1) is 22.3. The fraction of sp³-hybridized carbons (Fsp3) is 0.917. The zero-order chi connectivity index (χ0) is 22.3. The van der Waals surface area contributed by atoms with Gasteiger partial charge in [0.25, 0.3) is 0 Å². The van der Waals surface area contributed by atoms with Crippen molar-refractivity contribution in [2.24, 2.45) is 11.3 Å². The van der Waals surface area contributed by atoms with Crippen molar-refractivity contribution >= 4 is 12.1 Å². The average Bonchev–Trinajstić information content (AvgIpc) is 3.40. The predicted octanol–water partition coefficient (Wildman–Crippen LogP) is 2.67. The highest BCUT2D eigenvalue weighted by molar-refractivity contribution is 5.76. The van der Waals surface area contributed by atoms with E-state index in [1.807, 2.05) is 11.8 Å². The fourth-order valence-electron chi connectivity index (χ4n) is 6.85. The molecule has 4 aliphatic heterocycles. The summed E-state index contributed by atoms with van der Waals surface area (Å²) in [6, 6.07) is 1.16. The molecule has 4 saturated heterocycles. The van der Waals surface area contributed by atoms with Gasteiger partial charge < -0.3 is 29.5 Å². The number of carbonyl (C=O) groups excluding carboxylic acids is 2. The van der Waals surface area contributed by atoms with Crippen molar-refractivity contribution in [3.05, 3.63) is 0 Å². The largest absolute Gasteiger partial charge is 0.450 e. The van der Waals surface area contributed by atoms with Gasteiger partial charge in [-0.3, -0.25) is 0 Å². The van der Waals surface area contributed by atoms with Crippen LogP contribution in [0.1, 0.15) is 58.8 Å². The summed E-state index contributed by atoms with van der Waals surface area (Å²) in [5.41, 5.74) is 0.146. The zero-order valence-corrected chi connectivity index (χ0v) is 19.8. The van der Waals surface area contributed by atoms with E-state index in [4.69, 9.17) is 9.47 Å². The highest BCUT2D eigenvalue weighted by Crippen LogP contribution is 2.51. The quantitative estimate of drug-likeness (QED) is 0.716. The number of ether oxygens (including phenoxy) is 2. The Kier molecular flexibility index (Phi) is 6.03. The van der Waals surface area contributed by atoms with E-state index in [9.17, 15) is 9.59 Å². The molecule has 0 aromatic carbocycles.